The van der Waals surface area contributed by atoms with Gasteiger partial charge < -0.3 is 10.6 Å². The highest BCUT2D eigenvalue weighted by atomic mass is 15.1. The average Bonchev–Trinajstić information content (AvgIpc) is 2.89. The van der Waals surface area contributed by atoms with E-state index in [4.69, 9.17) is 0 Å². The first-order chi connectivity index (χ1) is 8.81. The molecule has 0 bridgehead atoms. The van der Waals surface area contributed by atoms with Gasteiger partial charge in [-0.2, -0.15) is 0 Å². The predicted molar refractivity (Wildman–Crippen MR) is 76.0 cm³/mol. The molecular weight excluding hydrogens is 224 g/mol. The number of nitrogens with one attached hydrogen (secondary N) is 2. The first-order valence-electron chi connectivity index (χ1n) is 7.04. The van der Waals surface area contributed by atoms with Gasteiger partial charge in [-0.3, -0.25) is 0 Å². The van der Waals surface area contributed by atoms with Gasteiger partial charge in [0.15, 0.2) is 0 Å². The van der Waals surface area contributed by atoms with Gasteiger partial charge in [-0.05, 0) is 25.7 Å². The number of rotatable bonds is 6. The lowest BCUT2D eigenvalue weighted by Gasteiger charge is -2.12. The van der Waals surface area contributed by atoms with Crippen molar-refractivity contribution in [2.45, 2.75) is 45.4 Å². The Morgan fingerprint density at radius 1 is 1.22 bits per heavy atom. The Morgan fingerprint density at radius 3 is 2.67 bits per heavy atom. The summed E-state index contributed by atoms with van der Waals surface area (Å²) in [6.45, 7) is 3.06. The molecule has 1 saturated carbocycles. The largest absolute Gasteiger partial charge is 0.373 e. The van der Waals surface area contributed by atoms with Crippen molar-refractivity contribution in [3.8, 4) is 0 Å². The van der Waals surface area contributed by atoms with Crippen molar-refractivity contribution in [3.63, 3.8) is 0 Å². The molecule has 1 aromatic rings. The standard InChI is InChI=1S/C14H24N4/c1-11-13(15-2)17-10-18-14(11)16-9-5-8-12-6-3-4-7-12/h10,12H,3-9H2,1-2H3,(H2,15,16,17,18). The quantitative estimate of drug-likeness (QED) is 0.759. The van der Waals surface area contributed by atoms with E-state index in [9.17, 15) is 0 Å². The maximum Gasteiger partial charge on any atom is 0.134 e. The van der Waals surface area contributed by atoms with Crippen LogP contribution >= 0.6 is 0 Å². The summed E-state index contributed by atoms with van der Waals surface area (Å²) >= 11 is 0. The van der Waals surface area contributed by atoms with Gasteiger partial charge in [-0.1, -0.05) is 25.7 Å². The van der Waals surface area contributed by atoms with Crippen LogP contribution in [0.25, 0.3) is 0 Å². The molecule has 1 aliphatic rings. The third-order valence-corrected chi connectivity index (χ3v) is 3.88. The van der Waals surface area contributed by atoms with Crippen molar-refractivity contribution in [1.82, 2.24) is 9.97 Å². The molecule has 1 heterocycles. The van der Waals surface area contributed by atoms with Gasteiger partial charge in [0.2, 0.25) is 0 Å². The summed E-state index contributed by atoms with van der Waals surface area (Å²) in [6, 6.07) is 0. The molecule has 0 atom stereocenters. The summed E-state index contributed by atoms with van der Waals surface area (Å²) in [6.07, 6.45) is 9.97. The van der Waals surface area contributed by atoms with Crippen LogP contribution in [0.15, 0.2) is 6.33 Å². The monoisotopic (exact) mass is 248 g/mol. The molecule has 0 saturated heterocycles. The Bertz CT molecular complexity index is 372. The molecule has 1 aliphatic carbocycles. The molecule has 18 heavy (non-hydrogen) atoms. The van der Waals surface area contributed by atoms with Gasteiger partial charge in [0, 0.05) is 19.2 Å². The van der Waals surface area contributed by atoms with Crippen LogP contribution < -0.4 is 10.6 Å². The molecule has 0 aliphatic heterocycles. The highest BCUT2D eigenvalue weighted by molar-refractivity contribution is 5.55. The van der Waals surface area contributed by atoms with Crippen LogP contribution in [0.4, 0.5) is 11.6 Å². The van der Waals surface area contributed by atoms with Crippen molar-refractivity contribution in [2.75, 3.05) is 24.2 Å². The summed E-state index contributed by atoms with van der Waals surface area (Å²) < 4.78 is 0. The van der Waals surface area contributed by atoms with E-state index in [1.54, 1.807) is 6.33 Å². The number of anilines is 2. The molecule has 2 rings (SSSR count). The van der Waals surface area contributed by atoms with Gasteiger partial charge in [0.25, 0.3) is 0 Å². The van der Waals surface area contributed by atoms with Gasteiger partial charge in [-0.25, -0.2) is 9.97 Å². The van der Waals surface area contributed by atoms with Crippen molar-refractivity contribution in [1.29, 1.82) is 0 Å². The first-order valence-corrected chi connectivity index (χ1v) is 7.04. The smallest absolute Gasteiger partial charge is 0.134 e. The summed E-state index contributed by atoms with van der Waals surface area (Å²) in [5.74, 6) is 2.84. The molecule has 2 N–H and O–H groups in total. The Kier molecular flexibility index (Phi) is 4.79. The SMILES string of the molecule is CNc1ncnc(NCCCC2CCCC2)c1C. The van der Waals surface area contributed by atoms with E-state index in [1.165, 1.54) is 38.5 Å². The zero-order chi connectivity index (χ0) is 12.8. The molecule has 1 aromatic heterocycles. The highest BCUT2D eigenvalue weighted by Gasteiger charge is 2.14. The molecule has 0 aromatic carbocycles. The third-order valence-electron chi connectivity index (χ3n) is 3.88. The maximum absolute atomic E-state index is 4.29. The highest BCUT2D eigenvalue weighted by Crippen LogP contribution is 2.28. The fourth-order valence-corrected chi connectivity index (χ4v) is 2.78. The average molecular weight is 248 g/mol. The van der Waals surface area contributed by atoms with Crippen molar-refractivity contribution in [3.05, 3.63) is 11.9 Å². The number of aromatic nitrogens is 2. The lowest BCUT2D eigenvalue weighted by Crippen LogP contribution is -2.08. The van der Waals surface area contributed by atoms with Crippen molar-refractivity contribution >= 4 is 11.6 Å². The molecule has 0 spiro atoms. The van der Waals surface area contributed by atoms with E-state index in [0.717, 1.165) is 29.7 Å². The van der Waals surface area contributed by atoms with Crippen LogP contribution in [0.1, 0.15) is 44.1 Å². The Balaban J connectivity index is 1.75. The topological polar surface area (TPSA) is 49.8 Å². The van der Waals surface area contributed by atoms with Crippen LogP contribution in [-0.2, 0) is 0 Å². The second kappa shape index (κ2) is 6.57. The Morgan fingerprint density at radius 2 is 1.94 bits per heavy atom. The van der Waals surface area contributed by atoms with E-state index in [1.807, 2.05) is 14.0 Å². The second-order valence-electron chi connectivity index (χ2n) is 5.17. The minimum absolute atomic E-state index is 0.906. The third kappa shape index (κ3) is 3.34. The second-order valence-corrected chi connectivity index (χ2v) is 5.17. The van der Waals surface area contributed by atoms with E-state index in [0.29, 0.717) is 0 Å². The molecular formula is C14H24N4. The lowest BCUT2D eigenvalue weighted by atomic mass is 10.0. The zero-order valence-electron chi connectivity index (χ0n) is 11.5. The minimum atomic E-state index is 0.906. The van der Waals surface area contributed by atoms with Crippen LogP contribution in [0.3, 0.4) is 0 Å². The molecule has 4 nitrogen and oxygen atoms in total. The van der Waals surface area contributed by atoms with E-state index in [2.05, 4.69) is 20.6 Å². The van der Waals surface area contributed by atoms with E-state index >= 15 is 0 Å². The molecule has 100 valence electrons. The van der Waals surface area contributed by atoms with Gasteiger partial charge in [-0.15, -0.1) is 0 Å². The molecule has 0 radical (unpaired) electrons. The summed E-state index contributed by atoms with van der Waals surface area (Å²) in [5, 5.41) is 6.50. The number of hydrogen-bond donors (Lipinski definition) is 2. The molecule has 4 heteroatoms. The van der Waals surface area contributed by atoms with Gasteiger partial charge in [0.1, 0.15) is 18.0 Å². The summed E-state index contributed by atoms with van der Waals surface area (Å²) in [7, 11) is 1.89. The van der Waals surface area contributed by atoms with Crippen LogP contribution in [0.2, 0.25) is 0 Å². The van der Waals surface area contributed by atoms with Crippen LogP contribution in [-0.4, -0.2) is 23.6 Å². The normalized spacial score (nSPS) is 15.9. The summed E-state index contributed by atoms with van der Waals surface area (Å²) in [5.41, 5.74) is 1.10. The Hall–Kier alpha value is -1.32. The first kappa shape index (κ1) is 13.1. The molecule has 0 amide bonds. The van der Waals surface area contributed by atoms with Gasteiger partial charge in [0.05, 0.1) is 0 Å². The van der Waals surface area contributed by atoms with Crippen molar-refractivity contribution < 1.29 is 0 Å². The maximum atomic E-state index is 4.29. The van der Waals surface area contributed by atoms with Crippen LogP contribution in [0, 0.1) is 12.8 Å². The Labute approximate surface area is 110 Å². The number of nitrogens with zero attached hydrogens (tertiary/aromatic N) is 2. The van der Waals surface area contributed by atoms with Gasteiger partial charge >= 0.3 is 0 Å². The van der Waals surface area contributed by atoms with Crippen molar-refractivity contribution in [2.24, 2.45) is 5.92 Å². The zero-order valence-corrected chi connectivity index (χ0v) is 11.5. The fraction of sp³-hybridized carbons (Fsp3) is 0.714. The molecule has 0 unspecified atom stereocenters. The van der Waals surface area contributed by atoms with Crippen LogP contribution in [0.5, 0.6) is 0 Å². The van der Waals surface area contributed by atoms with E-state index in [-0.39, 0.29) is 0 Å². The predicted octanol–water partition coefficient (Wildman–Crippen LogP) is 3.21. The lowest BCUT2D eigenvalue weighted by molar-refractivity contribution is 0.491. The van der Waals surface area contributed by atoms with E-state index < -0.39 is 0 Å². The minimum Gasteiger partial charge on any atom is -0.373 e. The molecule has 1 fully saturated rings. The number of hydrogen-bond acceptors (Lipinski definition) is 4. The summed E-state index contributed by atoms with van der Waals surface area (Å²) in [4.78, 5) is 8.48. The fourth-order valence-electron chi connectivity index (χ4n) is 2.78.